The predicted molar refractivity (Wildman–Crippen MR) is 61.0 cm³/mol. The smallest absolute Gasteiger partial charge is 0.00694 e. The lowest BCUT2D eigenvalue weighted by atomic mass is 10.00. The third-order valence-electron chi connectivity index (χ3n) is 2.30. The zero-order valence-electron chi connectivity index (χ0n) is 10.1. The molecule has 13 heavy (non-hydrogen) atoms. The Morgan fingerprint density at radius 2 is 1.54 bits per heavy atom. The van der Waals surface area contributed by atoms with E-state index in [-0.39, 0.29) is 0 Å². The molecular weight excluding hydrogens is 158 g/mol. The summed E-state index contributed by atoms with van der Waals surface area (Å²) in [5, 5.41) is 3.64. The van der Waals surface area contributed by atoms with Crippen LogP contribution in [-0.4, -0.2) is 12.1 Å². The van der Waals surface area contributed by atoms with Gasteiger partial charge in [-0.1, -0.05) is 41.0 Å². The van der Waals surface area contributed by atoms with Gasteiger partial charge in [0.05, 0.1) is 0 Å². The molecule has 0 fully saturated rings. The van der Waals surface area contributed by atoms with Crippen LogP contribution in [-0.2, 0) is 0 Å². The maximum absolute atomic E-state index is 3.64. The standard InChI is InChI=1S/C12H27N/c1-6-7-12(13-11(4)5)9-8-10(2)3/h10-13H,6-9H2,1-5H3. The minimum absolute atomic E-state index is 0.628. The molecule has 1 heteroatoms. The Hall–Kier alpha value is -0.0400. The first-order valence-corrected chi connectivity index (χ1v) is 5.82. The maximum atomic E-state index is 3.64. The van der Waals surface area contributed by atoms with Gasteiger partial charge in [0.2, 0.25) is 0 Å². The first-order valence-electron chi connectivity index (χ1n) is 5.82. The highest BCUT2D eigenvalue weighted by Crippen LogP contribution is 2.11. The second-order valence-corrected chi connectivity index (χ2v) is 4.78. The molecule has 0 saturated heterocycles. The van der Waals surface area contributed by atoms with Crippen molar-refractivity contribution in [2.24, 2.45) is 5.92 Å². The Labute approximate surface area is 84.3 Å². The van der Waals surface area contributed by atoms with Gasteiger partial charge in [0.25, 0.3) is 0 Å². The third-order valence-corrected chi connectivity index (χ3v) is 2.30. The van der Waals surface area contributed by atoms with Crippen LogP contribution in [0.1, 0.15) is 60.3 Å². The molecule has 0 heterocycles. The lowest BCUT2D eigenvalue weighted by molar-refractivity contribution is 0.382. The summed E-state index contributed by atoms with van der Waals surface area (Å²) < 4.78 is 0. The molecule has 0 saturated carbocycles. The van der Waals surface area contributed by atoms with Crippen molar-refractivity contribution in [3.63, 3.8) is 0 Å². The van der Waals surface area contributed by atoms with Gasteiger partial charge in [-0.25, -0.2) is 0 Å². The van der Waals surface area contributed by atoms with Crippen molar-refractivity contribution < 1.29 is 0 Å². The topological polar surface area (TPSA) is 12.0 Å². The minimum Gasteiger partial charge on any atom is -0.312 e. The zero-order chi connectivity index (χ0) is 10.3. The Morgan fingerprint density at radius 3 is 1.92 bits per heavy atom. The highest BCUT2D eigenvalue weighted by atomic mass is 14.9. The Kier molecular flexibility index (Phi) is 7.35. The lowest BCUT2D eigenvalue weighted by Gasteiger charge is -2.21. The van der Waals surface area contributed by atoms with Gasteiger partial charge in [0, 0.05) is 12.1 Å². The molecule has 1 nitrogen and oxygen atoms in total. The van der Waals surface area contributed by atoms with E-state index in [1.807, 2.05) is 0 Å². The molecule has 0 rings (SSSR count). The Bertz CT molecular complexity index is 108. The molecule has 0 aromatic carbocycles. The molecule has 0 aliphatic rings. The lowest BCUT2D eigenvalue weighted by Crippen LogP contribution is -2.34. The van der Waals surface area contributed by atoms with Gasteiger partial charge in [0.1, 0.15) is 0 Å². The summed E-state index contributed by atoms with van der Waals surface area (Å²) in [7, 11) is 0. The van der Waals surface area contributed by atoms with Crippen molar-refractivity contribution >= 4 is 0 Å². The molecule has 0 aromatic rings. The van der Waals surface area contributed by atoms with E-state index < -0.39 is 0 Å². The summed E-state index contributed by atoms with van der Waals surface area (Å²) in [5.74, 6) is 0.841. The van der Waals surface area contributed by atoms with E-state index in [0.29, 0.717) is 6.04 Å². The van der Waals surface area contributed by atoms with Crippen molar-refractivity contribution in [3.05, 3.63) is 0 Å². The number of rotatable bonds is 7. The summed E-state index contributed by atoms with van der Waals surface area (Å²) in [6.45, 7) is 11.3. The maximum Gasteiger partial charge on any atom is 0.00694 e. The van der Waals surface area contributed by atoms with Crippen molar-refractivity contribution in [1.82, 2.24) is 5.32 Å². The second-order valence-electron chi connectivity index (χ2n) is 4.78. The van der Waals surface area contributed by atoms with Gasteiger partial charge >= 0.3 is 0 Å². The largest absolute Gasteiger partial charge is 0.312 e. The molecular formula is C12H27N. The van der Waals surface area contributed by atoms with E-state index in [1.165, 1.54) is 25.7 Å². The van der Waals surface area contributed by atoms with E-state index in [2.05, 4.69) is 39.9 Å². The summed E-state index contributed by atoms with van der Waals surface area (Å²) in [5.41, 5.74) is 0. The van der Waals surface area contributed by atoms with E-state index in [1.54, 1.807) is 0 Å². The summed E-state index contributed by atoms with van der Waals surface area (Å²) in [4.78, 5) is 0. The van der Waals surface area contributed by atoms with Crippen LogP contribution in [0, 0.1) is 5.92 Å². The number of hydrogen-bond donors (Lipinski definition) is 1. The molecule has 1 atom stereocenters. The molecule has 1 N–H and O–H groups in total. The summed E-state index contributed by atoms with van der Waals surface area (Å²) >= 11 is 0. The van der Waals surface area contributed by atoms with Gasteiger partial charge in [-0.05, 0) is 25.2 Å². The van der Waals surface area contributed by atoms with Gasteiger partial charge in [-0.3, -0.25) is 0 Å². The second kappa shape index (κ2) is 7.37. The highest BCUT2D eigenvalue weighted by molar-refractivity contribution is 4.69. The zero-order valence-corrected chi connectivity index (χ0v) is 10.1. The van der Waals surface area contributed by atoms with Crippen molar-refractivity contribution in [2.45, 2.75) is 72.4 Å². The van der Waals surface area contributed by atoms with E-state index in [9.17, 15) is 0 Å². The average molecular weight is 185 g/mol. The fourth-order valence-corrected chi connectivity index (χ4v) is 1.67. The monoisotopic (exact) mass is 185 g/mol. The molecule has 0 bridgehead atoms. The SMILES string of the molecule is CCCC(CCC(C)C)NC(C)C. The van der Waals surface area contributed by atoms with Crippen molar-refractivity contribution in [2.75, 3.05) is 0 Å². The van der Waals surface area contributed by atoms with Crippen LogP contribution in [0.4, 0.5) is 0 Å². The summed E-state index contributed by atoms with van der Waals surface area (Å²) in [6, 6.07) is 1.37. The molecule has 0 aliphatic carbocycles. The number of nitrogens with one attached hydrogen (secondary N) is 1. The molecule has 0 aromatic heterocycles. The van der Waals surface area contributed by atoms with Gasteiger partial charge in [0.15, 0.2) is 0 Å². The van der Waals surface area contributed by atoms with Crippen LogP contribution >= 0.6 is 0 Å². The normalized spacial score (nSPS) is 14.1. The third kappa shape index (κ3) is 8.29. The molecule has 0 spiro atoms. The predicted octanol–water partition coefficient (Wildman–Crippen LogP) is 3.59. The van der Waals surface area contributed by atoms with Crippen molar-refractivity contribution in [1.29, 1.82) is 0 Å². The van der Waals surface area contributed by atoms with Gasteiger partial charge in [-0.15, -0.1) is 0 Å². The van der Waals surface area contributed by atoms with E-state index in [0.717, 1.165) is 12.0 Å². The quantitative estimate of drug-likeness (QED) is 0.639. The van der Waals surface area contributed by atoms with Gasteiger partial charge < -0.3 is 5.32 Å². The first kappa shape index (κ1) is 13.0. The van der Waals surface area contributed by atoms with Crippen LogP contribution in [0.3, 0.4) is 0 Å². The number of hydrogen-bond acceptors (Lipinski definition) is 1. The molecule has 1 unspecified atom stereocenters. The Morgan fingerprint density at radius 1 is 0.923 bits per heavy atom. The average Bonchev–Trinajstić information content (AvgIpc) is 1.99. The van der Waals surface area contributed by atoms with Crippen molar-refractivity contribution in [3.8, 4) is 0 Å². The highest BCUT2D eigenvalue weighted by Gasteiger charge is 2.08. The summed E-state index contributed by atoms with van der Waals surface area (Å²) in [6.07, 6.45) is 5.31. The van der Waals surface area contributed by atoms with E-state index in [4.69, 9.17) is 0 Å². The first-order chi connectivity index (χ1) is 6.06. The molecule has 0 amide bonds. The molecule has 80 valence electrons. The van der Waals surface area contributed by atoms with Crippen LogP contribution in [0.2, 0.25) is 0 Å². The molecule has 0 aliphatic heterocycles. The van der Waals surface area contributed by atoms with Crippen LogP contribution < -0.4 is 5.32 Å². The minimum atomic E-state index is 0.628. The fourth-order valence-electron chi connectivity index (χ4n) is 1.67. The van der Waals surface area contributed by atoms with Crippen LogP contribution in [0.15, 0.2) is 0 Å². The van der Waals surface area contributed by atoms with Crippen LogP contribution in [0.25, 0.3) is 0 Å². The van der Waals surface area contributed by atoms with E-state index >= 15 is 0 Å². The Balaban J connectivity index is 3.66. The van der Waals surface area contributed by atoms with Gasteiger partial charge in [-0.2, -0.15) is 0 Å². The molecule has 0 radical (unpaired) electrons. The fraction of sp³-hybridized carbons (Fsp3) is 1.00. The van der Waals surface area contributed by atoms with Crippen LogP contribution in [0.5, 0.6) is 0 Å².